The first-order chi connectivity index (χ1) is 8.70. The minimum absolute atomic E-state index is 0.217. The number of thioether (sulfide) groups is 1. The summed E-state index contributed by atoms with van der Waals surface area (Å²) in [4.78, 5) is 12.2. The Balaban J connectivity index is 2.01. The van der Waals surface area contributed by atoms with Crippen LogP contribution in [-0.4, -0.2) is 13.1 Å². The number of ether oxygens (including phenoxy) is 1. The Morgan fingerprint density at radius 2 is 2.11 bits per heavy atom. The van der Waals surface area contributed by atoms with Crippen molar-refractivity contribution in [1.82, 2.24) is 0 Å². The van der Waals surface area contributed by atoms with Gasteiger partial charge in [0.1, 0.15) is 5.76 Å². The number of hydrogen-bond donors (Lipinski definition) is 1. The van der Waals surface area contributed by atoms with E-state index in [4.69, 9.17) is 10.2 Å². The molecule has 0 saturated carbocycles. The van der Waals surface area contributed by atoms with Crippen molar-refractivity contribution in [3.63, 3.8) is 0 Å². The molecule has 0 aliphatic carbocycles. The molecular weight excluding hydrogens is 250 g/mol. The number of hydrogen-bond acceptors (Lipinski definition) is 5. The zero-order valence-electron chi connectivity index (χ0n) is 9.88. The summed E-state index contributed by atoms with van der Waals surface area (Å²) in [7, 11) is 1.32. The predicted octanol–water partition coefficient (Wildman–Crippen LogP) is 2.94. The van der Waals surface area contributed by atoms with Crippen molar-refractivity contribution in [2.24, 2.45) is 0 Å². The largest absolute Gasteiger partial charge is 0.463 e. The van der Waals surface area contributed by atoms with Crippen LogP contribution in [0, 0.1) is 0 Å². The molecule has 5 heteroatoms. The summed E-state index contributed by atoms with van der Waals surface area (Å²) < 4.78 is 9.93. The molecule has 4 nitrogen and oxygen atoms in total. The van der Waals surface area contributed by atoms with E-state index in [1.165, 1.54) is 7.11 Å². The average molecular weight is 263 g/mol. The highest BCUT2D eigenvalue weighted by Crippen LogP contribution is 2.28. The number of nitrogen functional groups attached to an aromatic ring is 1. The smallest absolute Gasteiger partial charge is 0.373 e. The number of para-hydroxylation sites is 1. The molecule has 1 heterocycles. The quantitative estimate of drug-likeness (QED) is 0.522. The van der Waals surface area contributed by atoms with E-state index in [2.05, 4.69) is 4.74 Å². The Labute approximate surface area is 109 Å². The minimum atomic E-state index is -0.467. The van der Waals surface area contributed by atoms with Crippen molar-refractivity contribution in [3.8, 4) is 0 Å². The number of nitrogens with two attached hydrogens (primary N) is 1. The molecule has 0 aliphatic rings. The van der Waals surface area contributed by atoms with Crippen LogP contribution in [0.25, 0.3) is 0 Å². The topological polar surface area (TPSA) is 65.5 Å². The van der Waals surface area contributed by atoms with E-state index in [0.29, 0.717) is 11.5 Å². The number of rotatable bonds is 4. The lowest BCUT2D eigenvalue weighted by molar-refractivity contribution is 0.0563. The summed E-state index contributed by atoms with van der Waals surface area (Å²) in [6.07, 6.45) is 0. The van der Waals surface area contributed by atoms with Gasteiger partial charge in [0.15, 0.2) is 0 Å². The molecule has 0 radical (unpaired) electrons. The molecule has 2 N–H and O–H groups in total. The maximum absolute atomic E-state index is 11.2. The fraction of sp³-hybridized carbons (Fsp3) is 0.154. The zero-order valence-corrected chi connectivity index (χ0v) is 10.7. The van der Waals surface area contributed by atoms with Crippen LogP contribution in [0.1, 0.15) is 16.3 Å². The lowest BCUT2D eigenvalue weighted by Crippen LogP contribution is -1.98. The summed E-state index contributed by atoms with van der Waals surface area (Å²) in [6.45, 7) is 0. The normalized spacial score (nSPS) is 10.3. The van der Waals surface area contributed by atoms with Crippen LogP contribution in [0.3, 0.4) is 0 Å². The maximum atomic E-state index is 11.2. The van der Waals surface area contributed by atoms with Crippen molar-refractivity contribution >= 4 is 23.4 Å². The van der Waals surface area contributed by atoms with Crippen LogP contribution in [0.5, 0.6) is 0 Å². The average Bonchev–Trinajstić information content (AvgIpc) is 2.86. The van der Waals surface area contributed by atoms with Crippen molar-refractivity contribution < 1.29 is 13.9 Å². The van der Waals surface area contributed by atoms with E-state index in [-0.39, 0.29) is 5.76 Å². The minimum Gasteiger partial charge on any atom is -0.463 e. The second-order valence-electron chi connectivity index (χ2n) is 3.58. The lowest BCUT2D eigenvalue weighted by atomic mass is 10.3. The van der Waals surface area contributed by atoms with Gasteiger partial charge in [-0.3, -0.25) is 0 Å². The molecule has 0 spiro atoms. The summed E-state index contributed by atoms with van der Waals surface area (Å²) in [5.74, 6) is 1.08. The fourth-order valence-corrected chi connectivity index (χ4v) is 2.29. The fourth-order valence-electron chi connectivity index (χ4n) is 1.43. The van der Waals surface area contributed by atoms with Crippen LogP contribution in [-0.2, 0) is 10.5 Å². The Bertz CT molecular complexity index is 551. The first kappa shape index (κ1) is 12.6. The van der Waals surface area contributed by atoms with Gasteiger partial charge in [-0.25, -0.2) is 4.79 Å². The Morgan fingerprint density at radius 1 is 1.33 bits per heavy atom. The number of methoxy groups -OCH3 is 1. The highest BCUT2D eigenvalue weighted by atomic mass is 32.2. The second kappa shape index (κ2) is 5.64. The third kappa shape index (κ3) is 2.87. The van der Waals surface area contributed by atoms with E-state index >= 15 is 0 Å². The van der Waals surface area contributed by atoms with Crippen LogP contribution >= 0.6 is 11.8 Å². The monoisotopic (exact) mass is 263 g/mol. The Kier molecular flexibility index (Phi) is 3.94. The van der Waals surface area contributed by atoms with E-state index < -0.39 is 5.97 Å². The number of furan rings is 1. The van der Waals surface area contributed by atoms with Gasteiger partial charge < -0.3 is 14.9 Å². The van der Waals surface area contributed by atoms with E-state index in [1.54, 1.807) is 23.9 Å². The van der Waals surface area contributed by atoms with E-state index in [9.17, 15) is 4.79 Å². The number of esters is 1. The molecule has 18 heavy (non-hydrogen) atoms. The molecule has 0 bridgehead atoms. The van der Waals surface area contributed by atoms with Gasteiger partial charge in [-0.15, -0.1) is 11.8 Å². The molecule has 0 saturated heterocycles. The predicted molar refractivity (Wildman–Crippen MR) is 70.5 cm³/mol. The van der Waals surface area contributed by atoms with Gasteiger partial charge in [-0.1, -0.05) is 12.1 Å². The molecule has 0 unspecified atom stereocenters. The van der Waals surface area contributed by atoms with Crippen molar-refractivity contribution in [2.75, 3.05) is 12.8 Å². The summed E-state index contributed by atoms with van der Waals surface area (Å²) in [5.41, 5.74) is 6.57. The van der Waals surface area contributed by atoms with Gasteiger partial charge in [-0.05, 0) is 24.3 Å². The van der Waals surface area contributed by atoms with Gasteiger partial charge in [0.05, 0.1) is 12.9 Å². The Hall–Kier alpha value is -1.88. The SMILES string of the molecule is COC(=O)c1ccc(CSc2ccccc2N)o1. The third-order valence-electron chi connectivity index (χ3n) is 2.34. The Morgan fingerprint density at radius 3 is 2.83 bits per heavy atom. The molecule has 94 valence electrons. The second-order valence-corrected chi connectivity index (χ2v) is 4.60. The number of anilines is 1. The maximum Gasteiger partial charge on any atom is 0.373 e. The van der Waals surface area contributed by atoms with Crippen molar-refractivity contribution in [2.45, 2.75) is 10.6 Å². The molecule has 1 aromatic heterocycles. The molecule has 1 aromatic carbocycles. The molecular formula is C13H13NO3S. The van der Waals surface area contributed by atoms with E-state index in [0.717, 1.165) is 10.6 Å². The third-order valence-corrected chi connectivity index (χ3v) is 3.45. The van der Waals surface area contributed by atoms with Crippen LogP contribution in [0.2, 0.25) is 0 Å². The zero-order chi connectivity index (χ0) is 13.0. The molecule has 0 aliphatic heterocycles. The van der Waals surface area contributed by atoms with Gasteiger partial charge in [0.25, 0.3) is 0 Å². The van der Waals surface area contributed by atoms with Crippen LogP contribution < -0.4 is 5.73 Å². The first-order valence-corrected chi connectivity index (χ1v) is 6.33. The number of carbonyl (C=O) groups excluding carboxylic acids is 1. The van der Waals surface area contributed by atoms with Crippen LogP contribution in [0.15, 0.2) is 45.7 Å². The standard InChI is InChI=1S/C13H13NO3S/c1-16-13(15)11-7-6-9(17-11)8-18-12-5-3-2-4-10(12)14/h2-7H,8,14H2,1H3. The van der Waals surface area contributed by atoms with Gasteiger partial charge >= 0.3 is 5.97 Å². The summed E-state index contributed by atoms with van der Waals surface area (Å²) in [5, 5.41) is 0. The van der Waals surface area contributed by atoms with Gasteiger partial charge in [-0.2, -0.15) is 0 Å². The number of benzene rings is 1. The molecule has 0 fully saturated rings. The molecule has 2 aromatic rings. The molecule has 0 amide bonds. The van der Waals surface area contributed by atoms with Crippen molar-refractivity contribution in [1.29, 1.82) is 0 Å². The van der Waals surface area contributed by atoms with Crippen LogP contribution in [0.4, 0.5) is 5.69 Å². The number of carbonyl (C=O) groups is 1. The van der Waals surface area contributed by atoms with Gasteiger partial charge in [0.2, 0.25) is 5.76 Å². The summed E-state index contributed by atoms with van der Waals surface area (Å²) >= 11 is 1.56. The van der Waals surface area contributed by atoms with Gasteiger partial charge in [0, 0.05) is 10.6 Å². The molecule has 0 atom stereocenters. The molecule has 2 rings (SSSR count). The first-order valence-electron chi connectivity index (χ1n) is 5.35. The van der Waals surface area contributed by atoms with E-state index in [1.807, 2.05) is 24.3 Å². The highest BCUT2D eigenvalue weighted by molar-refractivity contribution is 7.98. The van der Waals surface area contributed by atoms with Crippen molar-refractivity contribution in [3.05, 3.63) is 47.9 Å². The summed E-state index contributed by atoms with van der Waals surface area (Å²) in [6, 6.07) is 11.0. The highest BCUT2D eigenvalue weighted by Gasteiger charge is 2.11. The lowest BCUT2D eigenvalue weighted by Gasteiger charge is -2.02.